The van der Waals surface area contributed by atoms with Gasteiger partial charge in [-0.15, -0.1) is 0 Å². The van der Waals surface area contributed by atoms with Crippen LogP contribution in [0.4, 0.5) is 18.0 Å². The Bertz CT molecular complexity index is 177. The van der Waals surface area contributed by atoms with Gasteiger partial charge in [0.2, 0.25) is 0 Å². The minimum atomic E-state index is -4.54. The van der Waals surface area contributed by atoms with Crippen molar-refractivity contribution >= 4 is 6.09 Å². The number of carbonyl (C=O) groups excluding carboxylic acids is 1. The van der Waals surface area contributed by atoms with E-state index in [-0.39, 0.29) is 6.54 Å². The van der Waals surface area contributed by atoms with Crippen molar-refractivity contribution in [1.82, 2.24) is 5.32 Å². The molecule has 0 spiro atoms. The maximum absolute atomic E-state index is 11.5. The van der Waals surface area contributed by atoms with Gasteiger partial charge in [-0.3, -0.25) is 0 Å². The van der Waals surface area contributed by atoms with E-state index < -0.39 is 24.5 Å². The first-order valence-electron chi connectivity index (χ1n) is 3.80. The molecule has 14 heavy (non-hydrogen) atoms. The number of halogens is 3. The standard InChI is InChI=1S/C7H12F3NO3/c1-6(2,13)3-11-5(12)14-4-7(8,9)10/h13H,3-4H2,1-2H3,(H,11,12). The second-order valence-corrected chi connectivity index (χ2v) is 3.36. The molecule has 0 rings (SSSR count). The number of amides is 1. The van der Waals surface area contributed by atoms with Crippen LogP contribution in [0.3, 0.4) is 0 Å². The molecule has 2 N–H and O–H groups in total. The van der Waals surface area contributed by atoms with Crippen LogP contribution in [0.2, 0.25) is 0 Å². The summed E-state index contributed by atoms with van der Waals surface area (Å²) in [5.74, 6) is 0. The number of carbonyl (C=O) groups is 1. The average Bonchev–Trinajstić information content (AvgIpc) is 1.94. The first kappa shape index (κ1) is 13.0. The summed E-state index contributed by atoms with van der Waals surface area (Å²) in [6, 6.07) is 0. The van der Waals surface area contributed by atoms with Crippen molar-refractivity contribution in [2.45, 2.75) is 25.6 Å². The lowest BCUT2D eigenvalue weighted by Crippen LogP contribution is -2.39. The van der Waals surface area contributed by atoms with Crippen LogP contribution in [0.25, 0.3) is 0 Å². The third-order valence-electron chi connectivity index (χ3n) is 1.03. The highest BCUT2D eigenvalue weighted by Crippen LogP contribution is 2.14. The summed E-state index contributed by atoms with van der Waals surface area (Å²) in [7, 11) is 0. The van der Waals surface area contributed by atoms with Crippen LogP contribution in [0.1, 0.15) is 13.8 Å². The molecule has 4 nitrogen and oxygen atoms in total. The van der Waals surface area contributed by atoms with Gasteiger partial charge >= 0.3 is 12.3 Å². The van der Waals surface area contributed by atoms with Crippen molar-refractivity contribution in [2.24, 2.45) is 0 Å². The van der Waals surface area contributed by atoms with E-state index in [4.69, 9.17) is 5.11 Å². The third-order valence-corrected chi connectivity index (χ3v) is 1.03. The van der Waals surface area contributed by atoms with E-state index in [0.717, 1.165) is 0 Å². The first-order valence-corrected chi connectivity index (χ1v) is 3.80. The Hall–Kier alpha value is -0.980. The number of alkyl carbamates (subject to hydrolysis) is 1. The topological polar surface area (TPSA) is 58.6 Å². The minimum Gasteiger partial charge on any atom is -0.440 e. The number of hydrogen-bond acceptors (Lipinski definition) is 3. The molecule has 0 aliphatic carbocycles. The van der Waals surface area contributed by atoms with Gasteiger partial charge in [-0.25, -0.2) is 4.79 Å². The maximum Gasteiger partial charge on any atom is 0.422 e. The van der Waals surface area contributed by atoms with Gasteiger partial charge in [0.25, 0.3) is 0 Å². The number of ether oxygens (including phenoxy) is 1. The molecule has 7 heteroatoms. The van der Waals surface area contributed by atoms with Crippen molar-refractivity contribution in [3.63, 3.8) is 0 Å². The second-order valence-electron chi connectivity index (χ2n) is 3.36. The SMILES string of the molecule is CC(C)(O)CNC(=O)OCC(F)(F)F. The number of aliphatic hydroxyl groups is 1. The molecule has 1 amide bonds. The van der Waals surface area contributed by atoms with Crippen molar-refractivity contribution in [2.75, 3.05) is 13.2 Å². The molecule has 84 valence electrons. The highest BCUT2D eigenvalue weighted by atomic mass is 19.4. The van der Waals surface area contributed by atoms with E-state index in [1.165, 1.54) is 13.8 Å². The van der Waals surface area contributed by atoms with Gasteiger partial charge in [-0.1, -0.05) is 0 Å². The lowest BCUT2D eigenvalue weighted by molar-refractivity contribution is -0.160. The van der Waals surface area contributed by atoms with Gasteiger partial charge in [-0.05, 0) is 13.8 Å². The molecular weight excluding hydrogens is 203 g/mol. The molecule has 0 radical (unpaired) electrons. The van der Waals surface area contributed by atoms with E-state index in [2.05, 4.69) is 4.74 Å². The maximum atomic E-state index is 11.5. The number of hydrogen-bond donors (Lipinski definition) is 2. The normalized spacial score (nSPS) is 12.4. The van der Waals surface area contributed by atoms with Gasteiger partial charge in [0.1, 0.15) is 0 Å². The summed E-state index contributed by atoms with van der Waals surface area (Å²) in [6.45, 7) is 0.989. The van der Waals surface area contributed by atoms with E-state index >= 15 is 0 Å². The van der Waals surface area contributed by atoms with Crippen molar-refractivity contribution < 1.29 is 27.8 Å². The first-order chi connectivity index (χ1) is 6.10. The average molecular weight is 215 g/mol. The Kier molecular flexibility index (Phi) is 4.18. The molecular formula is C7H12F3NO3. The fraction of sp³-hybridized carbons (Fsp3) is 0.857. The number of alkyl halides is 3. The van der Waals surface area contributed by atoms with Gasteiger partial charge < -0.3 is 15.2 Å². The van der Waals surface area contributed by atoms with Gasteiger partial charge in [-0.2, -0.15) is 13.2 Å². The molecule has 0 atom stereocenters. The zero-order chi connectivity index (χ0) is 11.4. The van der Waals surface area contributed by atoms with E-state index in [1.807, 2.05) is 5.32 Å². The van der Waals surface area contributed by atoms with Crippen LogP contribution in [0, 0.1) is 0 Å². The summed E-state index contributed by atoms with van der Waals surface area (Å²) in [6.07, 6.45) is -5.74. The predicted molar refractivity (Wildman–Crippen MR) is 41.7 cm³/mol. The van der Waals surface area contributed by atoms with E-state index in [0.29, 0.717) is 0 Å². The summed E-state index contributed by atoms with van der Waals surface area (Å²) in [5.41, 5.74) is -1.18. The van der Waals surface area contributed by atoms with Crippen molar-refractivity contribution in [1.29, 1.82) is 0 Å². The summed E-state index contributed by atoms with van der Waals surface area (Å²) in [5, 5.41) is 11.1. The van der Waals surface area contributed by atoms with Crippen LogP contribution in [-0.2, 0) is 4.74 Å². The number of rotatable bonds is 3. The van der Waals surface area contributed by atoms with E-state index in [1.54, 1.807) is 0 Å². The Morgan fingerprint density at radius 3 is 2.29 bits per heavy atom. The quantitative estimate of drug-likeness (QED) is 0.739. The Morgan fingerprint density at radius 1 is 1.43 bits per heavy atom. The minimum absolute atomic E-state index is 0.177. The molecule has 0 aliphatic rings. The van der Waals surface area contributed by atoms with Crippen LogP contribution < -0.4 is 5.32 Å². The van der Waals surface area contributed by atoms with Gasteiger partial charge in [0.05, 0.1) is 5.60 Å². The molecule has 0 aromatic carbocycles. The predicted octanol–water partition coefficient (Wildman–Crippen LogP) is 1.05. The van der Waals surface area contributed by atoms with Crippen LogP contribution in [-0.4, -0.2) is 36.1 Å². The molecule has 0 saturated carbocycles. The van der Waals surface area contributed by atoms with Crippen LogP contribution >= 0.6 is 0 Å². The molecule has 0 aromatic rings. The molecule has 0 aliphatic heterocycles. The largest absolute Gasteiger partial charge is 0.440 e. The Balaban J connectivity index is 3.68. The Morgan fingerprint density at radius 2 is 1.93 bits per heavy atom. The summed E-state index contributed by atoms with van der Waals surface area (Å²) in [4.78, 5) is 10.6. The Labute approximate surface area is 79.0 Å². The highest BCUT2D eigenvalue weighted by Gasteiger charge is 2.29. The highest BCUT2D eigenvalue weighted by molar-refractivity contribution is 5.67. The molecule has 0 heterocycles. The lowest BCUT2D eigenvalue weighted by atomic mass is 10.1. The lowest BCUT2D eigenvalue weighted by Gasteiger charge is -2.17. The molecule has 0 saturated heterocycles. The van der Waals surface area contributed by atoms with Crippen LogP contribution in [0.5, 0.6) is 0 Å². The zero-order valence-electron chi connectivity index (χ0n) is 7.81. The fourth-order valence-electron chi connectivity index (χ4n) is 0.487. The molecule has 0 aromatic heterocycles. The van der Waals surface area contributed by atoms with E-state index in [9.17, 15) is 18.0 Å². The van der Waals surface area contributed by atoms with Crippen molar-refractivity contribution in [3.8, 4) is 0 Å². The zero-order valence-corrected chi connectivity index (χ0v) is 7.81. The molecule has 0 bridgehead atoms. The second kappa shape index (κ2) is 4.50. The smallest absolute Gasteiger partial charge is 0.422 e. The summed E-state index contributed by atoms with van der Waals surface area (Å²) < 4.78 is 38.4. The monoisotopic (exact) mass is 215 g/mol. The number of nitrogens with one attached hydrogen (secondary N) is 1. The third kappa shape index (κ3) is 9.11. The van der Waals surface area contributed by atoms with Crippen molar-refractivity contribution in [3.05, 3.63) is 0 Å². The fourth-order valence-corrected chi connectivity index (χ4v) is 0.487. The molecule has 0 fully saturated rings. The van der Waals surface area contributed by atoms with Gasteiger partial charge in [0, 0.05) is 6.54 Å². The van der Waals surface area contributed by atoms with Crippen LogP contribution in [0.15, 0.2) is 0 Å². The molecule has 0 unspecified atom stereocenters. The van der Waals surface area contributed by atoms with Gasteiger partial charge in [0.15, 0.2) is 6.61 Å². The summed E-state index contributed by atoms with van der Waals surface area (Å²) >= 11 is 0.